The number of hydrogen-bond acceptors (Lipinski definition) is 14. The van der Waals surface area contributed by atoms with Crippen LogP contribution in [0.25, 0.3) is 10.8 Å². The van der Waals surface area contributed by atoms with E-state index in [0.717, 1.165) is 38.3 Å². The quantitative estimate of drug-likeness (QED) is 0.162. The monoisotopic (exact) mass is 655 g/mol. The number of anilines is 1. The summed E-state index contributed by atoms with van der Waals surface area (Å²) in [4.78, 5) is 8.85. The predicted octanol–water partition coefficient (Wildman–Crippen LogP) is 1.93. The number of carbonyl (C=O) groups excluding carboxylic acids is 1. The SMILES string of the molecule is COc1ccc(S(=O)(=O)OS(=O)(=O)O)cc1/N=N/c1c(S(=O)(=O)O)cc2cc(S(=O)(=O)O)cc(NC(C)=O)c2c1O. The molecule has 0 spiro atoms. The van der Waals surface area contributed by atoms with Crippen LogP contribution in [0.4, 0.5) is 17.1 Å². The van der Waals surface area contributed by atoms with Crippen LogP contribution in [0.1, 0.15) is 6.92 Å². The fourth-order valence-electron chi connectivity index (χ4n) is 3.35. The fraction of sp³-hybridized carbons (Fsp3) is 0.105. The predicted molar refractivity (Wildman–Crippen MR) is 137 cm³/mol. The molecule has 0 aliphatic carbocycles. The molecule has 22 heteroatoms. The van der Waals surface area contributed by atoms with Crippen molar-refractivity contribution in [1.29, 1.82) is 0 Å². The lowest BCUT2D eigenvalue weighted by molar-refractivity contribution is -0.114. The van der Waals surface area contributed by atoms with Crippen molar-refractivity contribution in [3.63, 3.8) is 0 Å². The number of nitrogens with one attached hydrogen (secondary N) is 1. The van der Waals surface area contributed by atoms with Crippen LogP contribution in [-0.2, 0) is 49.2 Å². The Bertz CT molecular complexity index is 2060. The van der Waals surface area contributed by atoms with Crippen LogP contribution in [-0.4, -0.2) is 65.5 Å². The number of carbonyl (C=O) groups is 1. The number of nitrogens with zero attached hydrogens (tertiary/aromatic N) is 2. The van der Waals surface area contributed by atoms with Crippen LogP contribution < -0.4 is 10.1 Å². The Labute approximate surface area is 231 Å². The van der Waals surface area contributed by atoms with E-state index in [1.807, 2.05) is 0 Å². The molecule has 1 amide bonds. The van der Waals surface area contributed by atoms with Crippen molar-refractivity contribution in [3.8, 4) is 11.5 Å². The number of aromatic hydroxyl groups is 1. The van der Waals surface area contributed by atoms with Crippen LogP contribution in [0.15, 0.2) is 61.3 Å². The van der Waals surface area contributed by atoms with Gasteiger partial charge >= 0.3 is 20.5 Å². The maximum Gasteiger partial charge on any atom is 0.412 e. The molecule has 0 aromatic heterocycles. The van der Waals surface area contributed by atoms with Crippen molar-refractivity contribution in [3.05, 3.63) is 36.4 Å². The number of rotatable bonds is 9. The molecule has 0 unspecified atom stereocenters. The van der Waals surface area contributed by atoms with Gasteiger partial charge in [0.25, 0.3) is 20.2 Å². The Balaban J connectivity index is 2.36. The molecule has 41 heavy (non-hydrogen) atoms. The first-order valence-electron chi connectivity index (χ1n) is 10.2. The molecule has 0 fully saturated rings. The Morgan fingerprint density at radius 3 is 2.00 bits per heavy atom. The number of hydrogen-bond donors (Lipinski definition) is 5. The molecule has 0 saturated heterocycles. The zero-order valence-corrected chi connectivity index (χ0v) is 23.5. The highest BCUT2D eigenvalue weighted by atomic mass is 32.3. The molecule has 3 aromatic rings. The largest absolute Gasteiger partial charge is 0.505 e. The van der Waals surface area contributed by atoms with Gasteiger partial charge in [-0.1, -0.05) is 0 Å². The van der Waals surface area contributed by atoms with Gasteiger partial charge < -0.3 is 15.2 Å². The van der Waals surface area contributed by atoms with E-state index in [4.69, 9.17) is 9.29 Å². The molecular weight excluding hydrogens is 638 g/mol. The summed E-state index contributed by atoms with van der Waals surface area (Å²) in [6.07, 6.45) is 0. The molecule has 0 atom stereocenters. The fourth-order valence-corrected chi connectivity index (χ4v) is 6.26. The molecule has 3 aromatic carbocycles. The van der Waals surface area contributed by atoms with Crippen molar-refractivity contribution >= 4 is 74.5 Å². The number of ether oxygens (including phenoxy) is 1. The van der Waals surface area contributed by atoms with Gasteiger partial charge in [0.1, 0.15) is 22.0 Å². The molecule has 0 bridgehead atoms. The standard InChI is InChI=1S/C19H17N3O15S4/c1-9(23)20-14-8-12(38(25,26)27)5-10-6-16(39(28,29)30)18(19(24)17(10)14)22-21-13-7-11(3-4-15(13)36-2)40(31,32)37-41(33,34)35/h3-8,24H,1-2H3,(H,20,23)(H,25,26,27)(H,28,29,30)(H,33,34,35)/b22-21+. The summed E-state index contributed by atoms with van der Waals surface area (Å²) in [5, 5.41) is 19.5. The first-order valence-corrected chi connectivity index (χ1v) is 15.9. The molecule has 0 radical (unpaired) electrons. The van der Waals surface area contributed by atoms with Crippen LogP contribution in [0.2, 0.25) is 0 Å². The third-order valence-electron chi connectivity index (χ3n) is 4.88. The van der Waals surface area contributed by atoms with Crippen LogP contribution in [0.5, 0.6) is 11.5 Å². The summed E-state index contributed by atoms with van der Waals surface area (Å²) < 4.78 is 130. The maximum atomic E-state index is 12.2. The summed E-state index contributed by atoms with van der Waals surface area (Å²) in [5.41, 5.74) is -1.96. The summed E-state index contributed by atoms with van der Waals surface area (Å²) in [7, 11) is -19.7. The minimum Gasteiger partial charge on any atom is -0.505 e. The second-order valence-corrected chi connectivity index (χ2v) is 13.3. The molecule has 5 N–H and O–H groups in total. The lowest BCUT2D eigenvalue weighted by Crippen LogP contribution is -2.12. The van der Waals surface area contributed by atoms with Gasteiger partial charge in [0.2, 0.25) is 5.91 Å². The van der Waals surface area contributed by atoms with Gasteiger partial charge in [0.15, 0.2) is 5.75 Å². The minimum atomic E-state index is -5.47. The van der Waals surface area contributed by atoms with E-state index in [1.54, 1.807) is 0 Å². The van der Waals surface area contributed by atoms with Crippen LogP contribution >= 0.6 is 0 Å². The zero-order chi connectivity index (χ0) is 31.1. The normalized spacial score (nSPS) is 13.0. The first kappa shape index (κ1) is 31.8. The number of amides is 1. The second-order valence-electron chi connectivity index (χ2n) is 7.76. The number of methoxy groups -OCH3 is 1. The van der Waals surface area contributed by atoms with Gasteiger partial charge in [-0.2, -0.15) is 33.7 Å². The molecule has 3 rings (SSSR count). The van der Waals surface area contributed by atoms with Crippen molar-refractivity contribution in [1.82, 2.24) is 0 Å². The maximum absolute atomic E-state index is 12.2. The molecule has 0 heterocycles. The third kappa shape index (κ3) is 7.31. The van der Waals surface area contributed by atoms with E-state index in [1.165, 1.54) is 0 Å². The van der Waals surface area contributed by atoms with Crippen molar-refractivity contribution in [2.75, 3.05) is 12.4 Å². The lowest BCUT2D eigenvalue weighted by atomic mass is 10.1. The third-order valence-corrected chi connectivity index (χ3v) is 8.82. The lowest BCUT2D eigenvalue weighted by Gasteiger charge is -2.14. The van der Waals surface area contributed by atoms with Gasteiger partial charge in [-0.25, -0.2) is 0 Å². The second kappa shape index (κ2) is 10.9. The molecule has 222 valence electrons. The van der Waals surface area contributed by atoms with Gasteiger partial charge in [-0.3, -0.25) is 18.5 Å². The Morgan fingerprint density at radius 2 is 1.49 bits per heavy atom. The number of azo groups is 1. The van der Waals surface area contributed by atoms with Crippen LogP contribution in [0, 0.1) is 0 Å². The topological polar surface area (TPSA) is 290 Å². The highest BCUT2D eigenvalue weighted by Crippen LogP contribution is 2.45. The summed E-state index contributed by atoms with van der Waals surface area (Å²) in [6.45, 7) is 1.01. The Hall–Kier alpha value is -3.77. The van der Waals surface area contributed by atoms with Crippen molar-refractivity contribution in [2.45, 2.75) is 21.6 Å². The Kier molecular flexibility index (Phi) is 8.44. The average molecular weight is 656 g/mol. The number of fused-ring (bicyclic) bond motifs is 1. The smallest absolute Gasteiger partial charge is 0.412 e. The molecule has 0 aliphatic rings. The molecule has 0 aliphatic heterocycles. The van der Waals surface area contributed by atoms with Crippen molar-refractivity contribution < 1.29 is 65.6 Å². The van der Waals surface area contributed by atoms with Crippen LogP contribution in [0.3, 0.4) is 0 Å². The minimum absolute atomic E-state index is 0.232. The summed E-state index contributed by atoms with van der Waals surface area (Å²) in [5.74, 6) is -2.10. The van der Waals surface area contributed by atoms with E-state index in [0.29, 0.717) is 12.1 Å². The number of benzene rings is 3. The van der Waals surface area contributed by atoms with Gasteiger partial charge in [-0.05, 0) is 41.8 Å². The number of phenols is 1. The summed E-state index contributed by atoms with van der Waals surface area (Å²) in [6, 6.07) is 4.47. The molecular formula is C19H17N3O15S4. The average Bonchev–Trinajstić information content (AvgIpc) is 2.79. The number of phenolic OH excluding ortho intramolecular Hbond substituents is 1. The van der Waals surface area contributed by atoms with Gasteiger partial charge in [-0.15, -0.1) is 13.9 Å². The molecule has 18 nitrogen and oxygen atoms in total. The van der Waals surface area contributed by atoms with E-state index >= 15 is 0 Å². The highest BCUT2D eigenvalue weighted by Gasteiger charge is 2.27. The Morgan fingerprint density at radius 1 is 0.854 bits per heavy atom. The van der Waals surface area contributed by atoms with E-state index in [9.17, 15) is 52.7 Å². The summed E-state index contributed by atoms with van der Waals surface area (Å²) >= 11 is 0. The van der Waals surface area contributed by atoms with Crippen molar-refractivity contribution in [2.24, 2.45) is 10.2 Å². The highest BCUT2D eigenvalue weighted by molar-refractivity contribution is 7.97. The van der Waals surface area contributed by atoms with E-state index in [-0.39, 0.29) is 5.75 Å². The first-order chi connectivity index (χ1) is 18.6. The van der Waals surface area contributed by atoms with E-state index < -0.39 is 94.9 Å². The van der Waals surface area contributed by atoms with Gasteiger partial charge in [0, 0.05) is 12.3 Å². The molecule has 0 saturated carbocycles. The van der Waals surface area contributed by atoms with E-state index in [2.05, 4.69) is 19.2 Å². The van der Waals surface area contributed by atoms with Gasteiger partial charge in [0.05, 0.1) is 22.6 Å². The zero-order valence-electron chi connectivity index (χ0n) is 20.3.